The van der Waals surface area contributed by atoms with Crippen LogP contribution in [-0.4, -0.2) is 44.6 Å². The average Bonchev–Trinajstić information content (AvgIpc) is 2.68. The van der Waals surface area contributed by atoms with Crippen LogP contribution in [0, 0.1) is 19.7 Å². The Morgan fingerprint density at radius 1 is 1.07 bits per heavy atom. The van der Waals surface area contributed by atoms with E-state index in [1.54, 1.807) is 23.1 Å². The van der Waals surface area contributed by atoms with E-state index >= 15 is 0 Å². The van der Waals surface area contributed by atoms with E-state index in [1.165, 1.54) is 12.1 Å². The first-order chi connectivity index (χ1) is 13.8. The summed E-state index contributed by atoms with van der Waals surface area (Å²) in [5.74, 6) is -0.372. The van der Waals surface area contributed by atoms with Crippen molar-refractivity contribution in [3.8, 4) is 0 Å². The van der Waals surface area contributed by atoms with E-state index in [0.29, 0.717) is 43.4 Å². The van der Waals surface area contributed by atoms with Crippen LogP contribution in [-0.2, 0) is 6.42 Å². The number of likely N-dealkylation sites (tertiary alicyclic amines) is 1. The highest BCUT2D eigenvalue weighted by Gasteiger charge is 2.34. The van der Waals surface area contributed by atoms with E-state index in [-0.39, 0.29) is 11.7 Å². The van der Waals surface area contributed by atoms with E-state index in [1.807, 2.05) is 26.0 Å². The number of hydrogen-bond donors (Lipinski definition) is 1. The summed E-state index contributed by atoms with van der Waals surface area (Å²) in [4.78, 5) is 23.8. The van der Waals surface area contributed by atoms with Crippen LogP contribution in [0.1, 0.15) is 40.2 Å². The minimum atomic E-state index is -0.923. The molecule has 0 spiro atoms. The van der Waals surface area contributed by atoms with Crippen LogP contribution in [0.3, 0.4) is 0 Å². The molecule has 3 aromatic rings. The molecule has 4 rings (SSSR count). The van der Waals surface area contributed by atoms with Gasteiger partial charge in [-0.1, -0.05) is 12.1 Å². The molecule has 1 aliphatic rings. The van der Waals surface area contributed by atoms with Gasteiger partial charge in [0.25, 0.3) is 5.91 Å². The molecule has 0 atom stereocenters. The zero-order valence-electron chi connectivity index (χ0n) is 16.7. The molecule has 29 heavy (non-hydrogen) atoms. The summed E-state index contributed by atoms with van der Waals surface area (Å²) in [6.45, 7) is 4.74. The maximum atomic E-state index is 13.4. The molecule has 6 heteroatoms. The highest BCUT2D eigenvalue weighted by atomic mass is 19.1. The lowest BCUT2D eigenvalue weighted by atomic mass is 9.85. The Labute approximate surface area is 169 Å². The normalized spacial score (nSPS) is 16.2. The molecule has 0 saturated carbocycles. The van der Waals surface area contributed by atoms with Crippen LogP contribution in [0.15, 0.2) is 42.5 Å². The standard InChI is InChI=1S/C23H24FN3O2/c1-15-16(2)26-21-13-18(6-7-20(21)25-15)22(28)27-10-8-23(29,9-11-27)14-17-4-3-5-19(24)12-17/h3-7,12-13,29H,8-11,14H2,1-2H3. The molecular formula is C23H24FN3O2. The fraction of sp³-hybridized carbons (Fsp3) is 0.348. The van der Waals surface area contributed by atoms with E-state index in [2.05, 4.69) is 9.97 Å². The van der Waals surface area contributed by atoms with Crippen LogP contribution >= 0.6 is 0 Å². The molecule has 0 radical (unpaired) electrons. The van der Waals surface area contributed by atoms with Crippen molar-refractivity contribution < 1.29 is 14.3 Å². The number of fused-ring (bicyclic) bond motifs is 1. The predicted octanol–water partition coefficient (Wildman–Crippen LogP) is 3.60. The lowest BCUT2D eigenvalue weighted by molar-refractivity contribution is -0.0162. The minimum Gasteiger partial charge on any atom is -0.389 e. The third-order valence-corrected chi connectivity index (χ3v) is 5.73. The van der Waals surface area contributed by atoms with Gasteiger partial charge in [-0.3, -0.25) is 4.79 Å². The van der Waals surface area contributed by atoms with Crippen molar-refractivity contribution in [1.82, 2.24) is 14.9 Å². The van der Waals surface area contributed by atoms with Gasteiger partial charge in [-0.05, 0) is 62.6 Å². The van der Waals surface area contributed by atoms with Crippen molar-refractivity contribution in [1.29, 1.82) is 0 Å². The van der Waals surface area contributed by atoms with Crippen LogP contribution in [0.25, 0.3) is 11.0 Å². The third kappa shape index (κ3) is 4.12. The summed E-state index contributed by atoms with van der Waals surface area (Å²) >= 11 is 0. The van der Waals surface area contributed by atoms with Crippen molar-refractivity contribution >= 4 is 16.9 Å². The molecule has 2 aromatic carbocycles. The van der Waals surface area contributed by atoms with Crippen LogP contribution in [0.4, 0.5) is 4.39 Å². The van der Waals surface area contributed by atoms with E-state index in [4.69, 9.17) is 0 Å². The highest BCUT2D eigenvalue weighted by molar-refractivity contribution is 5.97. The smallest absolute Gasteiger partial charge is 0.253 e. The first-order valence-corrected chi connectivity index (χ1v) is 9.84. The summed E-state index contributed by atoms with van der Waals surface area (Å²) in [7, 11) is 0. The Kier molecular flexibility index (Phi) is 5.04. The first kappa shape index (κ1) is 19.5. The molecular weight excluding hydrogens is 369 g/mol. The molecule has 0 unspecified atom stereocenters. The molecule has 1 fully saturated rings. The minimum absolute atomic E-state index is 0.0697. The van der Waals surface area contributed by atoms with Gasteiger partial charge in [0.2, 0.25) is 0 Å². The van der Waals surface area contributed by atoms with E-state index < -0.39 is 5.60 Å². The number of rotatable bonds is 3. The number of aromatic nitrogens is 2. The Bertz CT molecular complexity index is 1070. The van der Waals surface area contributed by atoms with Crippen molar-refractivity contribution in [2.24, 2.45) is 0 Å². The number of piperidine rings is 1. The summed E-state index contributed by atoms with van der Waals surface area (Å²) in [5.41, 5.74) is 3.63. The zero-order chi connectivity index (χ0) is 20.6. The second kappa shape index (κ2) is 7.52. The molecule has 0 bridgehead atoms. The van der Waals surface area contributed by atoms with Gasteiger partial charge in [-0.25, -0.2) is 14.4 Å². The predicted molar refractivity (Wildman–Crippen MR) is 109 cm³/mol. The van der Waals surface area contributed by atoms with E-state index in [9.17, 15) is 14.3 Å². The Morgan fingerprint density at radius 3 is 2.45 bits per heavy atom. The zero-order valence-corrected chi connectivity index (χ0v) is 16.7. The number of benzene rings is 2. The summed E-state index contributed by atoms with van der Waals surface area (Å²) < 4.78 is 13.4. The SMILES string of the molecule is Cc1nc2ccc(C(=O)N3CCC(O)(Cc4cccc(F)c4)CC3)cc2nc1C. The number of hydrogen-bond acceptors (Lipinski definition) is 4. The number of aryl methyl sites for hydroxylation is 2. The maximum absolute atomic E-state index is 13.4. The van der Waals surface area contributed by atoms with Gasteiger partial charge in [0.05, 0.1) is 28.0 Å². The quantitative estimate of drug-likeness (QED) is 0.738. The monoisotopic (exact) mass is 393 g/mol. The summed E-state index contributed by atoms with van der Waals surface area (Å²) in [5, 5.41) is 10.9. The molecule has 150 valence electrons. The van der Waals surface area contributed by atoms with E-state index in [0.717, 1.165) is 22.5 Å². The van der Waals surface area contributed by atoms with Gasteiger partial charge in [-0.15, -0.1) is 0 Å². The van der Waals surface area contributed by atoms with Gasteiger partial charge in [-0.2, -0.15) is 0 Å². The fourth-order valence-corrected chi connectivity index (χ4v) is 3.88. The van der Waals surface area contributed by atoms with Gasteiger partial charge in [0.15, 0.2) is 0 Å². The molecule has 1 aromatic heterocycles. The Balaban J connectivity index is 1.46. The number of carbonyl (C=O) groups excluding carboxylic acids is 1. The van der Waals surface area contributed by atoms with Crippen LogP contribution < -0.4 is 0 Å². The Morgan fingerprint density at radius 2 is 1.76 bits per heavy atom. The number of aliphatic hydroxyl groups is 1. The lowest BCUT2D eigenvalue weighted by Crippen LogP contribution is -2.47. The molecule has 5 nitrogen and oxygen atoms in total. The van der Waals surface area contributed by atoms with Crippen LogP contribution in [0.5, 0.6) is 0 Å². The second-order valence-electron chi connectivity index (χ2n) is 7.92. The number of amides is 1. The molecule has 2 heterocycles. The largest absolute Gasteiger partial charge is 0.389 e. The molecule has 1 aliphatic heterocycles. The number of carbonyl (C=O) groups is 1. The second-order valence-corrected chi connectivity index (χ2v) is 7.92. The lowest BCUT2D eigenvalue weighted by Gasteiger charge is -2.38. The third-order valence-electron chi connectivity index (χ3n) is 5.73. The summed E-state index contributed by atoms with van der Waals surface area (Å²) in [6, 6.07) is 11.7. The number of nitrogens with zero attached hydrogens (tertiary/aromatic N) is 3. The molecule has 1 N–H and O–H groups in total. The molecule has 1 saturated heterocycles. The van der Waals surface area contributed by atoms with Crippen molar-refractivity contribution in [3.05, 3.63) is 70.8 Å². The van der Waals surface area contributed by atoms with Gasteiger partial charge >= 0.3 is 0 Å². The van der Waals surface area contributed by atoms with Gasteiger partial charge in [0.1, 0.15) is 5.82 Å². The van der Waals surface area contributed by atoms with Gasteiger partial charge in [0, 0.05) is 25.1 Å². The fourth-order valence-electron chi connectivity index (χ4n) is 3.88. The van der Waals surface area contributed by atoms with Gasteiger partial charge < -0.3 is 10.0 Å². The van der Waals surface area contributed by atoms with Crippen molar-refractivity contribution in [2.75, 3.05) is 13.1 Å². The number of halogens is 1. The topological polar surface area (TPSA) is 66.3 Å². The van der Waals surface area contributed by atoms with Crippen molar-refractivity contribution in [3.63, 3.8) is 0 Å². The van der Waals surface area contributed by atoms with Crippen molar-refractivity contribution in [2.45, 2.75) is 38.7 Å². The first-order valence-electron chi connectivity index (χ1n) is 9.84. The highest BCUT2D eigenvalue weighted by Crippen LogP contribution is 2.28. The summed E-state index contributed by atoms with van der Waals surface area (Å²) in [6.07, 6.45) is 1.30. The average molecular weight is 393 g/mol. The molecule has 0 aliphatic carbocycles. The maximum Gasteiger partial charge on any atom is 0.253 e. The molecule has 1 amide bonds. The van der Waals surface area contributed by atoms with Crippen LogP contribution in [0.2, 0.25) is 0 Å². The Hall–Kier alpha value is -2.86.